The molecule has 100 valence electrons. The lowest BCUT2D eigenvalue weighted by Gasteiger charge is -2.37. The van der Waals surface area contributed by atoms with Gasteiger partial charge in [0.25, 0.3) is 0 Å². The van der Waals surface area contributed by atoms with Crippen molar-refractivity contribution < 1.29 is 0 Å². The van der Waals surface area contributed by atoms with E-state index in [1.165, 1.54) is 37.7 Å². The number of rotatable bonds is 4. The molecule has 0 bridgehead atoms. The van der Waals surface area contributed by atoms with Gasteiger partial charge in [0.1, 0.15) is 5.82 Å². The number of aromatic nitrogens is 1. The van der Waals surface area contributed by atoms with Gasteiger partial charge in [0.2, 0.25) is 0 Å². The lowest BCUT2D eigenvalue weighted by atomic mass is 9.98. The number of hydrogen-bond donors (Lipinski definition) is 1. The molecule has 1 saturated heterocycles. The van der Waals surface area contributed by atoms with Crippen LogP contribution in [0.4, 0.5) is 5.82 Å². The zero-order valence-corrected chi connectivity index (χ0v) is 11.6. The first-order valence-electron chi connectivity index (χ1n) is 7.20. The van der Waals surface area contributed by atoms with Crippen LogP contribution in [0.1, 0.15) is 57.6 Å². The predicted molar refractivity (Wildman–Crippen MR) is 76.7 cm³/mol. The molecule has 0 aromatic carbocycles. The number of piperidine rings is 1. The van der Waals surface area contributed by atoms with Crippen LogP contribution in [0.25, 0.3) is 0 Å². The second-order valence-corrected chi connectivity index (χ2v) is 5.37. The predicted octanol–water partition coefficient (Wildman–Crippen LogP) is 3.26. The van der Waals surface area contributed by atoms with Crippen molar-refractivity contribution in [3.63, 3.8) is 0 Å². The standard InChI is InChI=1S/C15H25N3/c1-3-6-14-7-4-5-10-18(14)15-11-13(12(2)16)8-9-17-15/h8-9,11-12,14H,3-7,10,16H2,1-2H3/t12-,14?/m1/s1. The molecule has 18 heavy (non-hydrogen) atoms. The molecule has 2 N–H and O–H groups in total. The van der Waals surface area contributed by atoms with Crippen molar-refractivity contribution >= 4 is 5.82 Å². The van der Waals surface area contributed by atoms with Crippen LogP contribution in [0.5, 0.6) is 0 Å². The van der Waals surface area contributed by atoms with Gasteiger partial charge in [-0.25, -0.2) is 4.98 Å². The zero-order chi connectivity index (χ0) is 13.0. The van der Waals surface area contributed by atoms with Crippen molar-refractivity contribution in [3.8, 4) is 0 Å². The van der Waals surface area contributed by atoms with Crippen molar-refractivity contribution in [2.24, 2.45) is 5.73 Å². The average Bonchev–Trinajstić information content (AvgIpc) is 2.40. The highest BCUT2D eigenvalue weighted by Gasteiger charge is 2.22. The molecule has 2 heterocycles. The Kier molecular flexibility index (Phi) is 4.59. The molecular formula is C15H25N3. The van der Waals surface area contributed by atoms with Gasteiger partial charge in [-0.3, -0.25) is 0 Å². The van der Waals surface area contributed by atoms with Gasteiger partial charge in [-0.15, -0.1) is 0 Å². The molecule has 1 fully saturated rings. The summed E-state index contributed by atoms with van der Waals surface area (Å²) < 4.78 is 0. The normalized spacial score (nSPS) is 21.9. The summed E-state index contributed by atoms with van der Waals surface area (Å²) in [5.41, 5.74) is 7.14. The van der Waals surface area contributed by atoms with Crippen molar-refractivity contribution in [3.05, 3.63) is 23.9 Å². The fraction of sp³-hybridized carbons (Fsp3) is 0.667. The Bertz CT molecular complexity index is 374. The molecule has 3 nitrogen and oxygen atoms in total. The Morgan fingerprint density at radius 2 is 2.33 bits per heavy atom. The fourth-order valence-electron chi connectivity index (χ4n) is 2.81. The lowest BCUT2D eigenvalue weighted by Crippen LogP contribution is -2.40. The minimum Gasteiger partial charge on any atom is -0.354 e. The van der Waals surface area contributed by atoms with Gasteiger partial charge in [0, 0.05) is 24.8 Å². The highest BCUT2D eigenvalue weighted by molar-refractivity contribution is 5.43. The average molecular weight is 247 g/mol. The van der Waals surface area contributed by atoms with E-state index in [2.05, 4.69) is 22.9 Å². The molecule has 3 heteroatoms. The van der Waals surface area contributed by atoms with Crippen molar-refractivity contribution in [1.82, 2.24) is 4.98 Å². The number of hydrogen-bond acceptors (Lipinski definition) is 3. The van der Waals surface area contributed by atoms with E-state index in [0.29, 0.717) is 6.04 Å². The minimum absolute atomic E-state index is 0.0844. The monoisotopic (exact) mass is 247 g/mol. The first-order valence-corrected chi connectivity index (χ1v) is 7.20. The number of nitrogens with zero attached hydrogens (tertiary/aromatic N) is 2. The zero-order valence-electron chi connectivity index (χ0n) is 11.6. The SMILES string of the molecule is CCCC1CCCCN1c1cc([C@@H](C)N)ccn1. The molecule has 1 aliphatic heterocycles. The molecule has 1 unspecified atom stereocenters. The largest absolute Gasteiger partial charge is 0.354 e. The van der Waals surface area contributed by atoms with Crippen LogP contribution < -0.4 is 10.6 Å². The minimum atomic E-state index is 0.0844. The van der Waals surface area contributed by atoms with E-state index in [1.54, 1.807) is 0 Å². The summed E-state index contributed by atoms with van der Waals surface area (Å²) in [7, 11) is 0. The number of pyridine rings is 1. The second kappa shape index (κ2) is 6.19. The first-order chi connectivity index (χ1) is 8.72. The maximum atomic E-state index is 5.96. The molecule has 0 radical (unpaired) electrons. The Hall–Kier alpha value is -1.09. The maximum Gasteiger partial charge on any atom is 0.129 e. The van der Waals surface area contributed by atoms with Gasteiger partial charge < -0.3 is 10.6 Å². The van der Waals surface area contributed by atoms with E-state index < -0.39 is 0 Å². The highest BCUT2D eigenvalue weighted by atomic mass is 15.2. The van der Waals surface area contributed by atoms with E-state index in [9.17, 15) is 0 Å². The molecule has 0 spiro atoms. The van der Waals surface area contributed by atoms with E-state index in [-0.39, 0.29) is 6.04 Å². The summed E-state index contributed by atoms with van der Waals surface area (Å²) in [6.45, 7) is 5.43. The summed E-state index contributed by atoms with van der Waals surface area (Å²) in [5.74, 6) is 1.11. The van der Waals surface area contributed by atoms with Crippen LogP contribution in [0.15, 0.2) is 18.3 Å². The topological polar surface area (TPSA) is 42.1 Å². The molecule has 2 atom stereocenters. The fourth-order valence-corrected chi connectivity index (χ4v) is 2.81. The van der Waals surface area contributed by atoms with Gasteiger partial charge in [-0.2, -0.15) is 0 Å². The second-order valence-electron chi connectivity index (χ2n) is 5.37. The summed E-state index contributed by atoms with van der Waals surface area (Å²) in [6, 6.07) is 4.94. The molecule has 0 amide bonds. The molecule has 0 saturated carbocycles. The Morgan fingerprint density at radius 3 is 3.06 bits per heavy atom. The molecule has 1 aromatic rings. The third-order valence-corrected chi connectivity index (χ3v) is 3.84. The van der Waals surface area contributed by atoms with Crippen molar-refractivity contribution in [2.75, 3.05) is 11.4 Å². The Morgan fingerprint density at radius 1 is 1.50 bits per heavy atom. The van der Waals surface area contributed by atoms with E-state index in [0.717, 1.165) is 12.4 Å². The Balaban J connectivity index is 2.19. The van der Waals surface area contributed by atoms with E-state index in [1.807, 2.05) is 19.2 Å². The van der Waals surface area contributed by atoms with E-state index in [4.69, 9.17) is 5.73 Å². The van der Waals surface area contributed by atoms with Crippen LogP contribution in [-0.2, 0) is 0 Å². The lowest BCUT2D eigenvalue weighted by molar-refractivity contribution is 0.431. The van der Waals surface area contributed by atoms with Crippen LogP contribution in [-0.4, -0.2) is 17.6 Å². The summed E-state index contributed by atoms with van der Waals surface area (Å²) in [4.78, 5) is 7.03. The van der Waals surface area contributed by atoms with Gasteiger partial charge in [-0.05, 0) is 50.3 Å². The quantitative estimate of drug-likeness (QED) is 0.888. The first kappa shape index (κ1) is 13.3. The molecule has 2 rings (SSSR count). The van der Waals surface area contributed by atoms with Crippen LogP contribution in [0, 0.1) is 0 Å². The molecule has 0 aliphatic carbocycles. The van der Waals surface area contributed by atoms with Crippen LogP contribution in [0.2, 0.25) is 0 Å². The summed E-state index contributed by atoms with van der Waals surface area (Å²) in [5, 5.41) is 0. The molecule has 1 aromatic heterocycles. The van der Waals surface area contributed by atoms with Gasteiger partial charge in [0.15, 0.2) is 0 Å². The summed E-state index contributed by atoms with van der Waals surface area (Å²) >= 11 is 0. The molecule has 1 aliphatic rings. The van der Waals surface area contributed by atoms with Gasteiger partial charge >= 0.3 is 0 Å². The summed E-state index contributed by atoms with van der Waals surface area (Å²) in [6.07, 6.45) is 8.35. The van der Waals surface area contributed by atoms with Gasteiger partial charge in [0.05, 0.1) is 0 Å². The Labute approximate surface area is 110 Å². The third kappa shape index (κ3) is 3.02. The smallest absolute Gasteiger partial charge is 0.129 e. The molecular weight excluding hydrogens is 222 g/mol. The van der Waals surface area contributed by atoms with Crippen molar-refractivity contribution in [2.45, 2.75) is 58.0 Å². The maximum absolute atomic E-state index is 5.96. The van der Waals surface area contributed by atoms with Crippen LogP contribution >= 0.6 is 0 Å². The van der Waals surface area contributed by atoms with E-state index >= 15 is 0 Å². The van der Waals surface area contributed by atoms with Crippen molar-refractivity contribution in [1.29, 1.82) is 0 Å². The highest BCUT2D eigenvalue weighted by Crippen LogP contribution is 2.27. The number of anilines is 1. The van der Waals surface area contributed by atoms with Crippen LogP contribution in [0.3, 0.4) is 0 Å². The third-order valence-electron chi connectivity index (χ3n) is 3.84. The number of nitrogens with two attached hydrogens (primary N) is 1. The van der Waals surface area contributed by atoms with Gasteiger partial charge in [-0.1, -0.05) is 13.3 Å².